The fourth-order valence-corrected chi connectivity index (χ4v) is 2.85. The average Bonchev–Trinajstić information content (AvgIpc) is 2.71. The lowest BCUT2D eigenvalue weighted by molar-refractivity contribution is 0.672. The summed E-state index contributed by atoms with van der Waals surface area (Å²) >= 11 is 0. The van der Waals surface area contributed by atoms with Crippen LogP contribution in [0.1, 0.15) is 6.42 Å². The maximum atomic E-state index is 11.9. The SMILES string of the molecule is Cl.O=[S@](c1ccncc1)[C@@H]1CCNC1. The normalized spacial score (nSPS) is 22.7. The summed E-state index contributed by atoms with van der Waals surface area (Å²) in [7, 11) is -0.861. The zero-order valence-electron chi connectivity index (χ0n) is 7.68. The van der Waals surface area contributed by atoms with Gasteiger partial charge in [0.05, 0.1) is 16.0 Å². The second kappa shape index (κ2) is 5.44. The zero-order chi connectivity index (χ0) is 9.10. The quantitative estimate of drug-likeness (QED) is 0.827. The molecule has 3 nitrogen and oxygen atoms in total. The summed E-state index contributed by atoms with van der Waals surface area (Å²) in [6.07, 6.45) is 4.39. The molecule has 1 aliphatic rings. The highest BCUT2D eigenvalue weighted by Crippen LogP contribution is 2.14. The van der Waals surface area contributed by atoms with E-state index in [0.717, 1.165) is 24.4 Å². The number of aromatic nitrogens is 1. The first-order valence-corrected chi connectivity index (χ1v) is 5.60. The third-order valence-electron chi connectivity index (χ3n) is 2.20. The minimum atomic E-state index is -0.861. The van der Waals surface area contributed by atoms with E-state index >= 15 is 0 Å². The van der Waals surface area contributed by atoms with Crippen molar-refractivity contribution in [2.45, 2.75) is 16.6 Å². The molecule has 0 spiro atoms. The molecule has 1 fully saturated rings. The minimum Gasteiger partial charge on any atom is -0.315 e. The van der Waals surface area contributed by atoms with Crippen LogP contribution >= 0.6 is 12.4 Å². The topological polar surface area (TPSA) is 42.0 Å². The molecule has 1 aromatic rings. The Labute approximate surface area is 92.2 Å². The monoisotopic (exact) mass is 232 g/mol. The van der Waals surface area contributed by atoms with Crippen molar-refractivity contribution in [1.82, 2.24) is 10.3 Å². The van der Waals surface area contributed by atoms with Crippen LogP contribution in [0, 0.1) is 0 Å². The van der Waals surface area contributed by atoms with Crippen LogP contribution in [-0.4, -0.2) is 27.5 Å². The summed E-state index contributed by atoms with van der Waals surface area (Å²) in [6.45, 7) is 1.86. The van der Waals surface area contributed by atoms with E-state index in [2.05, 4.69) is 10.3 Å². The van der Waals surface area contributed by atoms with Gasteiger partial charge < -0.3 is 5.32 Å². The Bertz CT molecular complexity index is 301. The minimum absolute atomic E-state index is 0. The van der Waals surface area contributed by atoms with Gasteiger partial charge in [0.2, 0.25) is 0 Å². The molecule has 5 heteroatoms. The lowest BCUT2D eigenvalue weighted by atomic mass is 10.4. The molecule has 0 aliphatic carbocycles. The van der Waals surface area contributed by atoms with Crippen molar-refractivity contribution in [3.05, 3.63) is 24.5 Å². The molecule has 0 bridgehead atoms. The highest BCUT2D eigenvalue weighted by molar-refractivity contribution is 7.85. The van der Waals surface area contributed by atoms with E-state index in [-0.39, 0.29) is 17.7 Å². The Hall–Kier alpha value is -0.450. The second-order valence-electron chi connectivity index (χ2n) is 3.10. The number of pyridine rings is 1. The van der Waals surface area contributed by atoms with E-state index in [1.165, 1.54) is 0 Å². The third kappa shape index (κ3) is 2.53. The van der Waals surface area contributed by atoms with Gasteiger partial charge in [-0.25, -0.2) is 0 Å². The zero-order valence-corrected chi connectivity index (χ0v) is 9.31. The number of rotatable bonds is 2. The summed E-state index contributed by atoms with van der Waals surface area (Å²) in [5, 5.41) is 3.49. The maximum Gasteiger partial charge on any atom is 0.0575 e. The van der Waals surface area contributed by atoms with Gasteiger partial charge in [-0.05, 0) is 25.1 Å². The fourth-order valence-electron chi connectivity index (χ4n) is 1.48. The van der Waals surface area contributed by atoms with Crippen molar-refractivity contribution in [2.75, 3.05) is 13.1 Å². The number of halogens is 1. The van der Waals surface area contributed by atoms with Gasteiger partial charge in [0.25, 0.3) is 0 Å². The molecule has 0 aromatic carbocycles. The largest absolute Gasteiger partial charge is 0.315 e. The van der Waals surface area contributed by atoms with Gasteiger partial charge in [-0.15, -0.1) is 12.4 Å². The first kappa shape index (κ1) is 11.6. The predicted octanol–water partition coefficient (Wildman–Crippen LogP) is 0.973. The van der Waals surface area contributed by atoms with Crippen molar-refractivity contribution in [3.8, 4) is 0 Å². The van der Waals surface area contributed by atoms with Crippen LogP contribution in [0.25, 0.3) is 0 Å². The second-order valence-corrected chi connectivity index (χ2v) is 4.83. The van der Waals surface area contributed by atoms with Crippen LogP contribution in [0.2, 0.25) is 0 Å². The summed E-state index contributed by atoms with van der Waals surface area (Å²) in [5.74, 6) is 0. The molecule has 0 amide bonds. The van der Waals surface area contributed by atoms with Crippen LogP contribution in [0.4, 0.5) is 0 Å². The molecule has 2 heterocycles. The summed E-state index contributed by atoms with van der Waals surface area (Å²) < 4.78 is 11.9. The molecule has 14 heavy (non-hydrogen) atoms. The van der Waals surface area contributed by atoms with Crippen LogP contribution < -0.4 is 5.32 Å². The molecule has 2 atom stereocenters. The summed E-state index contributed by atoms with van der Waals surface area (Å²) in [6, 6.07) is 3.66. The molecular formula is C9H13ClN2OS. The van der Waals surface area contributed by atoms with Gasteiger partial charge in [0.15, 0.2) is 0 Å². The van der Waals surface area contributed by atoms with Gasteiger partial charge in [0, 0.05) is 23.8 Å². The molecule has 1 aliphatic heterocycles. The molecule has 1 N–H and O–H groups in total. The highest BCUT2D eigenvalue weighted by Gasteiger charge is 2.21. The average molecular weight is 233 g/mol. The molecule has 78 valence electrons. The lowest BCUT2D eigenvalue weighted by Gasteiger charge is -2.07. The van der Waals surface area contributed by atoms with Crippen LogP contribution in [-0.2, 0) is 10.8 Å². The standard InChI is InChI=1S/C9H12N2OS.ClH/c12-13(9-3-6-11-7-9)8-1-4-10-5-2-8;/h1-2,4-5,9,11H,3,6-7H2;1H/t9-,13-;/m1./s1. The van der Waals surface area contributed by atoms with Gasteiger partial charge in [-0.3, -0.25) is 9.19 Å². The Morgan fingerprint density at radius 2 is 2.14 bits per heavy atom. The van der Waals surface area contributed by atoms with E-state index < -0.39 is 10.8 Å². The van der Waals surface area contributed by atoms with Crippen molar-refractivity contribution in [3.63, 3.8) is 0 Å². The van der Waals surface area contributed by atoms with Crippen molar-refractivity contribution in [2.24, 2.45) is 0 Å². The van der Waals surface area contributed by atoms with Crippen molar-refractivity contribution < 1.29 is 4.21 Å². The van der Waals surface area contributed by atoms with Crippen LogP contribution in [0.15, 0.2) is 29.4 Å². The Morgan fingerprint density at radius 1 is 1.43 bits per heavy atom. The van der Waals surface area contributed by atoms with Gasteiger partial charge in [0.1, 0.15) is 0 Å². The Balaban J connectivity index is 0.000000980. The molecule has 2 rings (SSSR count). The Morgan fingerprint density at radius 3 is 2.71 bits per heavy atom. The molecule has 1 aromatic heterocycles. The third-order valence-corrected chi connectivity index (χ3v) is 3.94. The number of nitrogens with one attached hydrogen (secondary N) is 1. The molecular weight excluding hydrogens is 220 g/mol. The van der Waals surface area contributed by atoms with E-state index in [9.17, 15) is 4.21 Å². The summed E-state index contributed by atoms with van der Waals surface area (Å²) in [5.41, 5.74) is 0. The van der Waals surface area contributed by atoms with E-state index in [4.69, 9.17) is 0 Å². The van der Waals surface area contributed by atoms with Gasteiger partial charge in [-0.1, -0.05) is 0 Å². The molecule has 0 unspecified atom stereocenters. The number of hydrogen-bond acceptors (Lipinski definition) is 3. The van der Waals surface area contributed by atoms with E-state index in [0.29, 0.717) is 0 Å². The van der Waals surface area contributed by atoms with Crippen molar-refractivity contribution >= 4 is 23.2 Å². The van der Waals surface area contributed by atoms with Gasteiger partial charge >= 0.3 is 0 Å². The van der Waals surface area contributed by atoms with E-state index in [1.54, 1.807) is 12.4 Å². The highest BCUT2D eigenvalue weighted by atomic mass is 35.5. The number of nitrogens with zero attached hydrogens (tertiary/aromatic N) is 1. The Kier molecular flexibility index (Phi) is 4.51. The lowest BCUT2D eigenvalue weighted by Crippen LogP contribution is -2.18. The van der Waals surface area contributed by atoms with Crippen molar-refractivity contribution in [1.29, 1.82) is 0 Å². The first-order chi connectivity index (χ1) is 6.38. The van der Waals surface area contributed by atoms with Crippen LogP contribution in [0.3, 0.4) is 0 Å². The number of hydrogen-bond donors (Lipinski definition) is 1. The smallest absolute Gasteiger partial charge is 0.0575 e. The summed E-state index contributed by atoms with van der Waals surface area (Å²) in [4.78, 5) is 4.80. The fraction of sp³-hybridized carbons (Fsp3) is 0.444. The predicted molar refractivity (Wildman–Crippen MR) is 59.2 cm³/mol. The van der Waals surface area contributed by atoms with E-state index in [1.807, 2.05) is 12.1 Å². The van der Waals surface area contributed by atoms with Crippen LogP contribution in [0.5, 0.6) is 0 Å². The first-order valence-electron chi connectivity index (χ1n) is 4.39. The maximum absolute atomic E-state index is 11.9. The molecule has 1 saturated heterocycles. The van der Waals surface area contributed by atoms with Gasteiger partial charge in [-0.2, -0.15) is 0 Å². The molecule has 0 saturated carbocycles. The molecule has 0 radical (unpaired) electrons.